The average Bonchev–Trinajstić information content (AvgIpc) is 3.08. The molecule has 1 aliphatic heterocycles. The van der Waals surface area contributed by atoms with Crippen LogP contribution < -0.4 is 5.32 Å². The van der Waals surface area contributed by atoms with E-state index in [0.717, 1.165) is 6.42 Å². The summed E-state index contributed by atoms with van der Waals surface area (Å²) in [6.07, 6.45) is 4.58. The Morgan fingerprint density at radius 3 is 2.72 bits per heavy atom. The molecule has 1 heterocycles. The van der Waals surface area contributed by atoms with Crippen LogP contribution in [-0.4, -0.2) is 34.8 Å². The van der Waals surface area contributed by atoms with Crippen LogP contribution >= 0.6 is 0 Å². The lowest BCUT2D eigenvalue weighted by Crippen LogP contribution is -2.55. The van der Waals surface area contributed by atoms with Gasteiger partial charge in [0.15, 0.2) is 0 Å². The van der Waals surface area contributed by atoms with Crippen molar-refractivity contribution in [2.45, 2.75) is 64.5 Å². The van der Waals surface area contributed by atoms with Crippen molar-refractivity contribution in [3.05, 3.63) is 0 Å². The summed E-state index contributed by atoms with van der Waals surface area (Å²) in [5, 5.41) is 2.88. The Bertz CT molecular complexity index is 356. The van der Waals surface area contributed by atoms with Gasteiger partial charge in [-0.1, -0.05) is 20.3 Å². The normalized spacial score (nSPS) is 36.3. The van der Waals surface area contributed by atoms with E-state index in [0.29, 0.717) is 31.3 Å². The van der Waals surface area contributed by atoms with E-state index in [1.807, 2.05) is 18.7 Å². The number of rotatable bonds is 4. The van der Waals surface area contributed by atoms with Crippen molar-refractivity contribution in [2.24, 2.45) is 5.92 Å². The Morgan fingerprint density at radius 2 is 2.11 bits per heavy atom. The van der Waals surface area contributed by atoms with Crippen LogP contribution in [0.2, 0.25) is 0 Å². The quantitative estimate of drug-likeness (QED) is 0.827. The Labute approximate surface area is 109 Å². The fourth-order valence-corrected chi connectivity index (χ4v) is 2.91. The van der Waals surface area contributed by atoms with Crippen LogP contribution in [0.3, 0.4) is 0 Å². The first-order chi connectivity index (χ1) is 8.51. The lowest BCUT2D eigenvalue weighted by atomic mass is 9.97. The minimum atomic E-state index is -0.701. The van der Waals surface area contributed by atoms with Crippen molar-refractivity contribution >= 4 is 11.8 Å². The van der Waals surface area contributed by atoms with Crippen molar-refractivity contribution in [3.63, 3.8) is 0 Å². The first-order valence-corrected chi connectivity index (χ1v) is 7.14. The minimum absolute atomic E-state index is 0.00268. The van der Waals surface area contributed by atoms with E-state index in [1.165, 1.54) is 12.8 Å². The van der Waals surface area contributed by atoms with E-state index in [2.05, 4.69) is 12.2 Å². The molecule has 0 spiro atoms. The molecule has 102 valence electrons. The summed E-state index contributed by atoms with van der Waals surface area (Å²) in [5.41, 5.74) is -0.701. The van der Waals surface area contributed by atoms with Crippen LogP contribution in [0.4, 0.5) is 0 Å². The van der Waals surface area contributed by atoms with Gasteiger partial charge in [-0.05, 0) is 32.1 Å². The molecule has 1 saturated carbocycles. The molecule has 3 atom stereocenters. The predicted molar refractivity (Wildman–Crippen MR) is 70.0 cm³/mol. The maximum absolute atomic E-state index is 12.6. The third-order valence-electron chi connectivity index (χ3n) is 4.38. The highest BCUT2D eigenvalue weighted by Gasteiger charge is 2.48. The van der Waals surface area contributed by atoms with Gasteiger partial charge >= 0.3 is 0 Å². The molecule has 3 unspecified atom stereocenters. The van der Waals surface area contributed by atoms with Gasteiger partial charge in [0.25, 0.3) is 0 Å². The summed E-state index contributed by atoms with van der Waals surface area (Å²) in [7, 11) is 0. The van der Waals surface area contributed by atoms with Gasteiger partial charge in [-0.3, -0.25) is 9.59 Å². The molecule has 4 heteroatoms. The second-order valence-electron chi connectivity index (χ2n) is 5.83. The summed E-state index contributed by atoms with van der Waals surface area (Å²) >= 11 is 0. The standard InChI is InChI=1S/C14H24N2O2/c1-4-6-10-9-11(10)16-8-7-12(17)15-14(3,5-2)13(16)18/h10-11H,4-9H2,1-3H3,(H,15,17). The van der Waals surface area contributed by atoms with E-state index in [1.54, 1.807) is 0 Å². The van der Waals surface area contributed by atoms with Crippen LogP contribution in [0, 0.1) is 5.92 Å². The molecule has 2 amide bonds. The second kappa shape index (κ2) is 4.90. The Morgan fingerprint density at radius 1 is 1.39 bits per heavy atom. The largest absolute Gasteiger partial charge is 0.342 e. The Kier molecular flexibility index (Phi) is 3.64. The van der Waals surface area contributed by atoms with Gasteiger partial charge in [0.05, 0.1) is 0 Å². The van der Waals surface area contributed by atoms with Crippen LogP contribution in [0.25, 0.3) is 0 Å². The summed E-state index contributed by atoms with van der Waals surface area (Å²) in [5.74, 6) is 0.774. The molecule has 0 aromatic carbocycles. The number of amides is 2. The van der Waals surface area contributed by atoms with Gasteiger partial charge in [0.1, 0.15) is 5.54 Å². The SMILES string of the molecule is CCCC1CC1N1CCC(=O)NC(C)(CC)C1=O. The van der Waals surface area contributed by atoms with Crippen LogP contribution in [0.1, 0.15) is 52.9 Å². The number of hydrogen-bond donors (Lipinski definition) is 1. The molecule has 0 aromatic rings. The number of nitrogens with zero attached hydrogens (tertiary/aromatic N) is 1. The first kappa shape index (κ1) is 13.4. The molecule has 0 radical (unpaired) electrons. The monoisotopic (exact) mass is 252 g/mol. The first-order valence-electron chi connectivity index (χ1n) is 7.14. The maximum Gasteiger partial charge on any atom is 0.248 e. The highest BCUT2D eigenvalue weighted by molar-refractivity contribution is 5.93. The number of nitrogens with one attached hydrogen (secondary N) is 1. The Balaban J connectivity index is 2.11. The fourth-order valence-electron chi connectivity index (χ4n) is 2.91. The lowest BCUT2D eigenvalue weighted by Gasteiger charge is -2.31. The highest BCUT2D eigenvalue weighted by Crippen LogP contribution is 2.40. The third kappa shape index (κ3) is 2.38. The molecule has 1 aliphatic carbocycles. The molecule has 1 N–H and O–H groups in total. The van der Waals surface area contributed by atoms with Crippen molar-refractivity contribution in [1.29, 1.82) is 0 Å². The Hall–Kier alpha value is -1.06. The van der Waals surface area contributed by atoms with E-state index in [4.69, 9.17) is 0 Å². The van der Waals surface area contributed by atoms with Crippen LogP contribution in [-0.2, 0) is 9.59 Å². The van der Waals surface area contributed by atoms with E-state index in [9.17, 15) is 9.59 Å². The molecule has 2 rings (SSSR count). The predicted octanol–water partition coefficient (Wildman–Crippen LogP) is 1.69. The zero-order valence-corrected chi connectivity index (χ0v) is 11.7. The van der Waals surface area contributed by atoms with Crippen molar-refractivity contribution < 1.29 is 9.59 Å². The van der Waals surface area contributed by atoms with Crippen molar-refractivity contribution in [1.82, 2.24) is 10.2 Å². The fraction of sp³-hybridized carbons (Fsp3) is 0.857. The summed E-state index contributed by atoms with van der Waals surface area (Å²) < 4.78 is 0. The van der Waals surface area contributed by atoms with Crippen molar-refractivity contribution in [3.8, 4) is 0 Å². The smallest absolute Gasteiger partial charge is 0.248 e. The third-order valence-corrected chi connectivity index (χ3v) is 4.38. The summed E-state index contributed by atoms with van der Waals surface area (Å²) in [6, 6.07) is 0.385. The topological polar surface area (TPSA) is 49.4 Å². The molecule has 18 heavy (non-hydrogen) atoms. The molecule has 2 fully saturated rings. The van der Waals surface area contributed by atoms with E-state index < -0.39 is 5.54 Å². The summed E-state index contributed by atoms with van der Waals surface area (Å²) in [6.45, 7) is 6.58. The molecule has 0 aromatic heterocycles. The lowest BCUT2D eigenvalue weighted by molar-refractivity contribution is -0.138. The van der Waals surface area contributed by atoms with Crippen molar-refractivity contribution in [2.75, 3.05) is 6.54 Å². The van der Waals surface area contributed by atoms with Gasteiger partial charge in [-0.25, -0.2) is 0 Å². The molecular formula is C14H24N2O2. The minimum Gasteiger partial charge on any atom is -0.342 e. The van der Waals surface area contributed by atoms with Gasteiger partial charge in [-0.2, -0.15) is 0 Å². The van der Waals surface area contributed by atoms with Crippen LogP contribution in [0.15, 0.2) is 0 Å². The second-order valence-corrected chi connectivity index (χ2v) is 5.83. The number of carbonyl (C=O) groups excluding carboxylic acids is 2. The van der Waals surface area contributed by atoms with Gasteiger partial charge in [0.2, 0.25) is 11.8 Å². The molecular weight excluding hydrogens is 228 g/mol. The van der Waals surface area contributed by atoms with E-state index in [-0.39, 0.29) is 11.8 Å². The van der Waals surface area contributed by atoms with Crippen LogP contribution in [0.5, 0.6) is 0 Å². The van der Waals surface area contributed by atoms with Gasteiger partial charge in [0, 0.05) is 19.0 Å². The molecule has 0 bridgehead atoms. The zero-order chi connectivity index (χ0) is 13.3. The molecule has 4 nitrogen and oxygen atoms in total. The summed E-state index contributed by atoms with van der Waals surface area (Å²) in [4.78, 5) is 26.3. The van der Waals surface area contributed by atoms with Gasteiger partial charge in [-0.15, -0.1) is 0 Å². The molecule has 1 saturated heterocycles. The number of carbonyl (C=O) groups is 2. The number of hydrogen-bond acceptors (Lipinski definition) is 2. The van der Waals surface area contributed by atoms with E-state index >= 15 is 0 Å². The molecule has 2 aliphatic rings. The van der Waals surface area contributed by atoms with Gasteiger partial charge < -0.3 is 10.2 Å². The highest BCUT2D eigenvalue weighted by atomic mass is 16.2. The maximum atomic E-state index is 12.6. The average molecular weight is 252 g/mol. The zero-order valence-electron chi connectivity index (χ0n) is 11.7.